The Balaban J connectivity index is 1.63. The van der Waals surface area contributed by atoms with Gasteiger partial charge in [-0.1, -0.05) is 6.07 Å². The van der Waals surface area contributed by atoms with Gasteiger partial charge >= 0.3 is 0 Å². The number of nitrogens with zero attached hydrogens (tertiary/aromatic N) is 2. The summed E-state index contributed by atoms with van der Waals surface area (Å²) in [6.45, 7) is 4.59. The third kappa shape index (κ3) is 3.77. The van der Waals surface area contributed by atoms with Crippen LogP contribution in [0.3, 0.4) is 0 Å². The summed E-state index contributed by atoms with van der Waals surface area (Å²) in [5, 5.41) is 0. The smallest absolute Gasteiger partial charge is 0.254 e. The molecule has 124 valence electrons. The van der Waals surface area contributed by atoms with Crippen molar-refractivity contribution in [2.75, 3.05) is 31.1 Å². The van der Waals surface area contributed by atoms with Crippen molar-refractivity contribution in [1.82, 2.24) is 4.90 Å². The van der Waals surface area contributed by atoms with Crippen LogP contribution in [0.25, 0.3) is 0 Å². The Labute approximate surface area is 155 Å². The van der Waals surface area contributed by atoms with Crippen molar-refractivity contribution in [3.8, 4) is 0 Å². The minimum absolute atomic E-state index is 0.0782. The molecule has 1 amide bonds. The third-order valence-electron chi connectivity index (χ3n) is 4.28. The number of piperazine rings is 1. The minimum atomic E-state index is 0.0782. The monoisotopic (exact) mass is 434 g/mol. The fourth-order valence-electron chi connectivity index (χ4n) is 2.88. The molecule has 1 heterocycles. The number of rotatable bonds is 3. The number of Topliss-reactive ketones (excluding diaryl/α,β-unsaturated/α-hetero) is 1. The van der Waals surface area contributed by atoms with Gasteiger partial charge in [-0.15, -0.1) is 0 Å². The highest BCUT2D eigenvalue weighted by Crippen LogP contribution is 2.19. The standard InChI is InChI=1S/C19H19IN2O2/c1-14(23)15-5-7-18(8-6-15)21-9-11-22(12-10-21)19(24)16-3-2-4-17(20)13-16/h2-8,13H,9-12H2,1H3. The highest BCUT2D eigenvalue weighted by molar-refractivity contribution is 14.1. The molecule has 2 aromatic carbocycles. The lowest BCUT2D eigenvalue weighted by molar-refractivity contribution is 0.0746. The summed E-state index contributed by atoms with van der Waals surface area (Å²) in [5.41, 5.74) is 2.58. The second-order valence-electron chi connectivity index (χ2n) is 5.89. The first-order chi connectivity index (χ1) is 11.5. The van der Waals surface area contributed by atoms with Crippen molar-refractivity contribution in [3.05, 3.63) is 63.2 Å². The molecule has 0 aromatic heterocycles. The average Bonchev–Trinajstić information content (AvgIpc) is 2.61. The predicted molar refractivity (Wildman–Crippen MR) is 104 cm³/mol. The lowest BCUT2D eigenvalue weighted by Gasteiger charge is -2.36. The molecule has 1 aliphatic heterocycles. The average molecular weight is 434 g/mol. The fraction of sp³-hybridized carbons (Fsp3) is 0.263. The third-order valence-corrected chi connectivity index (χ3v) is 4.95. The van der Waals surface area contributed by atoms with Crippen LogP contribution in [-0.4, -0.2) is 42.8 Å². The first-order valence-corrected chi connectivity index (χ1v) is 9.03. The Kier molecular flexibility index (Phi) is 5.18. The van der Waals surface area contributed by atoms with Crippen molar-refractivity contribution in [2.24, 2.45) is 0 Å². The molecule has 0 bridgehead atoms. The van der Waals surface area contributed by atoms with Gasteiger partial charge < -0.3 is 9.80 Å². The van der Waals surface area contributed by atoms with Crippen LogP contribution in [0.15, 0.2) is 48.5 Å². The van der Waals surface area contributed by atoms with Crippen LogP contribution in [0.2, 0.25) is 0 Å². The van der Waals surface area contributed by atoms with Crippen molar-refractivity contribution in [3.63, 3.8) is 0 Å². The second kappa shape index (κ2) is 7.34. The second-order valence-corrected chi connectivity index (χ2v) is 7.14. The number of carbonyl (C=O) groups excluding carboxylic acids is 2. The summed E-state index contributed by atoms with van der Waals surface area (Å²) in [7, 11) is 0. The molecule has 24 heavy (non-hydrogen) atoms. The van der Waals surface area contributed by atoms with E-state index in [0.717, 1.165) is 33.5 Å². The SMILES string of the molecule is CC(=O)c1ccc(N2CCN(C(=O)c3cccc(I)c3)CC2)cc1. The van der Waals surface area contributed by atoms with Crippen LogP contribution < -0.4 is 4.90 Å². The summed E-state index contributed by atoms with van der Waals surface area (Å²) in [6.07, 6.45) is 0. The Morgan fingerprint density at radius 1 is 0.917 bits per heavy atom. The van der Waals surface area contributed by atoms with Gasteiger partial charge in [0.15, 0.2) is 5.78 Å². The number of amides is 1. The number of benzene rings is 2. The molecule has 0 radical (unpaired) electrons. The Morgan fingerprint density at radius 2 is 1.58 bits per heavy atom. The van der Waals surface area contributed by atoms with Gasteiger partial charge in [0.1, 0.15) is 0 Å². The van der Waals surface area contributed by atoms with Crippen LogP contribution >= 0.6 is 22.6 Å². The first kappa shape index (κ1) is 17.0. The topological polar surface area (TPSA) is 40.6 Å². The summed E-state index contributed by atoms with van der Waals surface area (Å²) in [6, 6.07) is 15.4. The summed E-state index contributed by atoms with van der Waals surface area (Å²) in [4.78, 5) is 28.1. The number of ketones is 1. The molecule has 0 spiro atoms. The lowest BCUT2D eigenvalue weighted by atomic mass is 10.1. The Morgan fingerprint density at radius 3 is 2.17 bits per heavy atom. The van der Waals surface area contributed by atoms with Gasteiger partial charge in [0.05, 0.1) is 0 Å². The van der Waals surface area contributed by atoms with E-state index >= 15 is 0 Å². The van der Waals surface area contributed by atoms with E-state index in [4.69, 9.17) is 0 Å². The van der Waals surface area contributed by atoms with Crippen LogP contribution in [0.5, 0.6) is 0 Å². The molecule has 0 N–H and O–H groups in total. The Bertz CT molecular complexity index is 750. The zero-order valence-electron chi connectivity index (χ0n) is 13.5. The summed E-state index contributed by atoms with van der Waals surface area (Å²) >= 11 is 2.22. The van der Waals surface area contributed by atoms with Crippen molar-refractivity contribution in [1.29, 1.82) is 0 Å². The largest absolute Gasteiger partial charge is 0.368 e. The quantitative estimate of drug-likeness (QED) is 0.549. The maximum absolute atomic E-state index is 12.6. The molecule has 1 saturated heterocycles. The number of anilines is 1. The van der Waals surface area contributed by atoms with Gasteiger partial charge in [-0.3, -0.25) is 9.59 Å². The van der Waals surface area contributed by atoms with E-state index in [9.17, 15) is 9.59 Å². The van der Waals surface area contributed by atoms with Crippen LogP contribution in [0.4, 0.5) is 5.69 Å². The summed E-state index contributed by atoms with van der Waals surface area (Å²) in [5.74, 6) is 0.176. The van der Waals surface area contributed by atoms with Crippen LogP contribution in [0, 0.1) is 3.57 Å². The predicted octanol–water partition coefficient (Wildman–Crippen LogP) is 3.46. The molecule has 1 fully saturated rings. The van der Waals surface area contributed by atoms with Gasteiger partial charge in [0.2, 0.25) is 0 Å². The van der Waals surface area contributed by atoms with Crippen molar-refractivity contribution in [2.45, 2.75) is 6.92 Å². The lowest BCUT2D eigenvalue weighted by Crippen LogP contribution is -2.48. The highest BCUT2D eigenvalue weighted by Gasteiger charge is 2.22. The van der Waals surface area contributed by atoms with E-state index in [2.05, 4.69) is 27.5 Å². The Hall–Kier alpha value is -1.89. The van der Waals surface area contributed by atoms with Gasteiger partial charge in [-0.2, -0.15) is 0 Å². The fourth-order valence-corrected chi connectivity index (χ4v) is 3.42. The van der Waals surface area contributed by atoms with Gasteiger partial charge in [-0.25, -0.2) is 0 Å². The molecule has 1 aliphatic rings. The molecular weight excluding hydrogens is 415 g/mol. The van der Waals surface area contributed by atoms with Crippen LogP contribution in [0.1, 0.15) is 27.6 Å². The van der Waals surface area contributed by atoms with Crippen molar-refractivity contribution < 1.29 is 9.59 Å². The van der Waals surface area contributed by atoms with E-state index in [1.807, 2.05) is 53.4 Å². The molecule has 3 rings (SSSR count). The van der Waals surface area contributed by atoms with Crippen molar-refractivity contribution >= 4 is 40.0 Å². The van der Waals surface area contributed by atoms with Gasteiger partial charge in [0, 0.05) is 46.6 Å². The number of carbonyl (C=O) groups is 2. The minimum Gasteiger partial charge on any atom is -0.368 e. The molecule has 0 saturated carbocycles. The maximum Gasteiger partial charge on any atom is 0.254 e. The van der Waals surface area contributed by atoms with E-state index in [1.165, 1.54) is 0 Å². The van der Waals surface area contributed by atoms with Crippen LogP contribution in [-0.2, 0) is 0 Å². The molecule has 2 aromatic rings. The maximum atomic E-state index is 12.6. The molecule has 0 unspecified atom stereocenters. The molecule has 5 heteroatoms. The van der Waals surface area contributed by atoms with Gasteiger partial charge in [-0.05, 0) is 72.0 Å². The summed E-state index contributed by atoms with van der Waals surface area (Å²) < 4.78 is 1.07. The number of hydrogen-bond donors (Lipinski definition) is 0. The first-order valence-electron chi connectivity index (χ1n) is 7.95. The van der Waals surface area contributed by atoms with E-state index < -0.39 is 0 Å². The zero-order valence-corrected chi connectivity index (χ0v) is 15.7. The normalized spacial score (nSPS) is 14.6. The van der Waals surface area contributed by atoms with E-state index in [1.54, 1.807) is 6.92 Å². The zero-order chi connectivity index (χ0) is 17.1. The molecule has 4 nitrogen and oxygen atoms in total. The highest BCUT2D eigenvalue weighted by atomic mass is 127. The molecular formula is C19H19IN2O2. The number of halogens is 1. The van der Waals surface area contributed by atoms with E-state index in [0.29, 0.717) is 13.1 Å². The van der Waals surface area contributed by atoms with Gasteiger partial charge in [0.25, 0.3) is 5.91 Å². The molecule has 0 aliphatic carbocycles. The van der Waals surface area contributed by atoms with E-state index in [-0.39, 0.29) is 11.7 Å². The molecule has 0 atom stereocenters. The number of hydrogen-bond acceptors (Lipinski definition) is 3.